The first-order chi connectivity index (χ1) is 8.74. The number of aliphatic hydroxyl groups is 1. The molecular weight excluding hydrogens is 228 g/mol. The quantitative estimate of drug-likeness (QED) is 0.808. The molecule has 0 saturated heterocycles. The largest absolute Gasteiger partial charge is 0.508 e. The van der Waals surface area contributed by atoms with Crippen LogP contribution in [0.5, 0.6) is 11.5 Å². The van der Waals surface area contributed by atoms with Crippen molar-refractivity contribution in [3.63, 3.8) is 0 Å². The number of hydrogen-bond donors (Lipinski definition) is 2. The first-order valence-corrected chi connectivity index (χ1v) is 5.96. The zero-order chi connectivity index (χ0) is 12.5. The first kappa shape index (κ1) is 11.1. The molecule has 92 valence electrons. The molecule has 0 spiro atoms. The van der Waals surface area contributed by atoms with Crippen molar-refractivity contribution in [3.8, 4) is 11.5 Å². The summed E-state index contributed by atoms with van der Waals surface area (Å²) in [6.45, 7) is 0. The van der Waals surface area contributed by atoms with Crippen molar-refractivity contribution < 1.29 is 14.9 Å². The van der Waals surface area contributed by atoms with Crippen molar-refractivity contribution in [2.45, 2.75) is 18.6 Å². The minimum Gasteiger partial charge on any atom is -0.508 e. The molecule has 1 aliphatic rings. The second-order valence-corrected chi connectivity index (χ2v) is 4.49. The van der Waals surface area contributed by atoms with Crippen molar-refractivity contribution in [1.29, 1.82) is 0 Å². The molecular formula is C15H14O3. The lowest BCUT2D eigenvalue weighted by molar-refractivity contribution is 0.0657. The molecule has 3 rings (SSSR count). The molecule has 0 bridgehead atoms. The standard InChI is InChI=1S/C15H14O3/c16-11-7-5-10(6-8-11)15-9-13(17)12-3-1-2-4-14(12)18-15/h1-8,13,15-17H,9H2/t13-,15?/m1/s1. The van der Waals surface area contributed by atoms with E-state index in [1.807, 2.05) is 36.4 Å². The molecule has 3 nitrogen and oxygen atoms in total. The number of hydrogen-bond acceptors (Lipinski definition) is 3. The van der Waals surface area contributed by atoms with Crippen LogP contribution in [0.15, 0.2) is 48.5 Å². The highest BCUT2D eigenvalue weighted by Gasteiger charge is 2.27. The minimum atomic E-state index is -0.506. The van der Waals surface area contributed by atoms with Crippen molar-refractivity contribution in [2.75, 3.05) is 0 Å². The van der Waals surface area contributed by atoms with Gasteiger partial charge in [-0.25, -0.2) is 0 Å². The SMILES string of the molecule is Oc1ccc(C2C[C@@H](O)c3ccccc3O2)cc1. The van der Waals surface area contributed by atoms with Gasteiger partial charge in [-0.15, -0.1) is 0 Å². The smallest absolute Gasteiger partial charge is 0.127 e. The van der Waals surface area contributed by atoms with E-state index in [1.54, 1.807) is 12.1 Å². The van der Waals surface area contributed by atoms with Crippen LogP contribution >= 0.6 is 0 Å². The maximum absolute atomic E-state index is 10.1. The summed E-state index contributed by atoms with van der Waals surface area (Å²) >= 11 is 0. The highest BCUT2D eigenvalue weighted by molar-refractivity contribution is 5.38. The monoisotopic (exact) mass is 242 g/mol. The first-order valence-electron chi connectivity index (χ1n) is 5.96. The van der Waals surface area contributed by atoms with E-state index in [0.717, 1.165) is 16.9 Å². The second-order valence-electron chi connectivity index (χ2n) is 4.49. The van der Waals surface area contributed by atoms with Crippen LogP contribution < -0.4 is 4.74 Å². The molecule has 0 amide bonds. The van der Waals surface area contributed by atoms with Gasteiger partial charge in [-0.2, -0.15) is 0 Å². The Hall–Kier alpha value is -2.00. The fraction of sp³-hybridized carbons (Fsp3) is 0.200. The lowest BCUT2D eigenvalue weighted by atomic mass is 9.95. The third-order valence-corrected chi connectivity index (χ3v) is 3.25. The second kappa shape index (κ2) is 4.35. The summed E-state index contributed by atoms with van der Waals surface area (Å²) in [4.78, 5) is 0. The maximum atomic E-state index is 10.1. The van der Waals surface area contributed by atoms with Crippen LogP contribution in [-0.2, 0) is 0 Å². The molecule has 0 radical (unpaired) electrons. The van der Waals surface area contributed by atoms with E-state index in [0.29, 0.717) is 6.42 Å². The lowest BCUT2D eigenvalue weighted by Gasteiger charge is -2.29. The van der Waals surface area contributed by atoms with Gasteiger partial charge in [0.25, 0.3) is 0 Å². The third-order valence-electron chi connectivity index (χ3n) is 3.25. The van der Waals surface area contributed by atoms with Crippen molar-refractivity contribution in [3.05, 3.63) is 59.7 Å². The summed E-state index contributed by atoms with van der Waals surface area (Å²) < 4.78 is 5.89. The molecule has 3 heteroatoms. The fourth-order valence-electron chi connectivity index (χ4n) is 2.29. The van der Waals surface area contributed by atoms with E-state index in [9.17, 15) is 10.2 Å². The topological polar surface area (TPSA) is 49.7 Å². The average Bonchev–Trinajstić information content (AvgIpc) is 2.39. The van der Waals surface area contributed by atoms with Gasteiger partial charge in [0.05, 0.1) is 6.10 Å². The van der Waals surface area contributed by atoms with E-state index in [4.69, 9.17) is 4.74 Å². The van der Waals surface area contributed by atoms with Crippen LogP contribution in [0.4, 0.5) is 0 Å². The van der Waals surface area contributed by atoms with Crippen LogP contribution in [0.3, 0.4) is 0 Å². The van der Waals surface area contributed by atoms with E-state index < -0.39 is 6.10 Å². The Kier molecular flexibility index (Phi) is 2.68. The summed E-state index contributed by atoms with van der Waals surface area (Å²) in [5, 5.41) is 19.4. The number of phenols is 1. The Labute approximate surface area is 105 Å². The van der Waals surface area contributed by atoms with Crippen molar-refractivity contribution >= 4 is 0 Å². The van der Waals surface area contributed by atoms with Gasteiger partial charge in [0.15, 0.2) is 0 Å². The predicted octanol–water partition coefficient (Wildman–Crippen LogP) is 2.95. The highest BCUT2D eigenvalue weighted by Crippen LogP contribution is 2.40. The van der Waals surface area contributed by atoms with Gasteiger partial charge in [0.1, 0.15) is 17.6 Å². The third kappa shape index (κ3) is 1.93. The van der Waals surface area contributed by atoms with E-state index in [2.05, 4.69) is 0 Å². The molecule has 0 aromatic heterocycles. The normalized spacial score (nSPS) is 22.1. The maximum Gasteiger partial charge on any atom is 0.127 e. The molecule has 2 atom stereocenters. The Balaban J connectivity index is 1.92. The van der Waals surface area contributed by atoms with E-state index in [1.165, 1.54) is 0 Å². The van der Waals surface area contributed by atoms with E-state index >= 15 is 0 Å². The number of ether oxygens (including phenoxy) is 1. The Morgan fingerprint density at radius 2 is 1.72 bits per heavy atom. The molecule has 2 aromatic rings. The van der Waals surface area contributed by atoms with Gasteiger partial charge >= 0.3 is 0 Å². The molecule has 18 heavy (non-hydrogen) atoms. The van der Waals surface area contributed by atoms with Crippen LogP contribution in [0.1, 0.15) is 29.8 Å². The minimum absolute atomic E-state index is 0.171. The summed E-state index contributed by atoms with van der Waals surface area (Å²) in [6, 6.07) is 14.4. The fourth-order valence-corrected chi connectivity index (χ4v) is 2.29. The van der Waals surface area contributed by atoms with Crippen LogP contribution in [0.25, 0.3) is 0 Å². The number of fused-ring (bicyclic) bond motifs is 1. The number of rotatable bonds is 1. The number of aliphatic hydroxyl groups excluding tert-OH is 1. The summed E-state index contributed by atoms with van der Waals surface area (Å²) in [6.07, 6.45) is -0.147. The van der Waals surface area contributed by atoms with Gasteiger partial charge in [-0.1, -0.05) is 30.3 Å². The van der Waals surface area contributed by atoms with E-state index in [-0.39, 0.29) is 11.9 Å². The summed E-state index contributed by atoms with van der Waals surface area (Å²) in [5.74, 6) is 0.963. The van der Waals surface area contributed by atoms with Crippen molar-refractivity contribution in [2.24, 2.45) is 0 Å². The average molecular weight is 242 g/mol. The zero-order valence-corrected chi connectivity index (χ0v) is 9.78. The van der Waals surface area contributed by atoms with Crippen LogP contribution in [0, 0.1) is 0 Å². The Morgan fingerprint density at radius 3 is 2.50 bits per heavy atom. The van der Waals surface area contributed by atoms with Gasteiger partial charge in [0.2, 0.25) is 0 Å². The number of phenolic OH excluding ortho intramolecular Hbond substituents is 1. The number of benzene rings is 2. The molecule has 2 N–H and O–H groups in total. The predicted molar refractivity (Wildman–Crippen MR) is 67.5 cm³/mol. The summed E-state index contributed by atoms with van der Waals surface area (Å²) in [7, 11) is 0. The van der Waals surface area contributed by atoms with Crippen LogP contribution in [-0.4, -0.2) is 10.2 Å². The van der Waals surface area contributed by atoms with Crippen molar-refractivity contribution in [1.82, 2.24) is 0 Å². The van der Waals surface area contributed by atoms with Gasteiger partial charge in [-0.3, -0.25) is 0 Å². The molecule has 0 fully saturated rings. The molecule has 2 aromatic carbocycles. The summed E-state index contributed by atoms with van der Waals surface area (Å²) in [5.41, 5.74) is 1.80. The highest BCUT2D eigenvalue weighted by atomic mass is 16.5. The van der Waals surface area contributed by atoms with Gasteiger partial charge in [0, 0.05) is 12.0 Å². The molecule has 1 aliphatic heterocycles. The molecule has 1 heterocycles. The van der Waals surface area contributed by atoms with Crippen LogP contribution in [0.2, 0.25) is 0 Å². The number of para-hydroxylation sites is 1. The number of aromatic hydroxyl groups is 1. The van der Waals surface area contributed by atoms with Gasteiger partial charge in [-0.05, 0) is 23.8 Å². The Morgan fingerprint density at radius 1 is 1.00 bits per heavy atom. The molecule has 1 unspecified atom stereocenters. The zero-order valence-electron chi connectivity index (χ0n) is 9.78. The van der Waals surface area contributed by atoms with Gasteiger partial charge < -0.3 is 14.9 Å². The Bertz CT molecular complexity index is 548. The lowest BCUT2D eigenvalue weighted by Crippen LogP contribution is -2.18. The molecule has 0 saturated carbocycles. The molecule has 0 aliphatic carbocycles.